The molecule has 0 spiro atoms. The first-order valence-electron chi connectivity index (χ1n) is 8.71. The number of carbonyl (C=O) groups is 1. The molecule has 1 saturated carbocycles. The molecule has 27 heavy (non-hydrogen) atoms. The Morgan fingerprint density at radius 2 is 1.89 bits per heavy atom. The Kier molecular flexibility index (Phi) is 4.29. The highest BCUT2D eigenvalue weighted by Crippen LogP contribution is 2.36. The zero-order chi connectivity index (χ0) is 19.0. The first-order valence-corrected chi connectivity index (χ1v) is 8.71. The van der Waals surface area contributed by atoms with Crippen LogP contribution in [0, 0.1) is 5.92 Å². The van der Waals surface area contributed by atoms with Crippen molar-refractivity contribution in [2.24, 2.45) is 13.0 Å². The fourth-order valence-corrected chi connectivity index (χ4v) is 3.24. The average molecular weight is 372 g/mol. The quantitative estimate of drug-likeness (QED) is 0.763. The number of amides is 1. The summed E-state index contributed by atoms with van der Waals surface area (Å²) in [6.45, 7) is 0. The van der Waals surface area contributed by atoms with Crippen molar-refractivity contribution in [1.82, 2.24) is 25.0 Å². The first kappa shape index (κ1) is 17.4. The molecule has 7 nitrogen and oxygen atoms in total. The number of hydrogen-bond donors (Lipinski definition) is 1. The molecule has 3 aromatic rings. The highest BCUT2D eigenvalue weighted by molar-refractivity contribution is 5.94. The highest BCUT2D eigenvalue weighted by atomic mass is 19.3. The maximum absolute atomic E-state index is 13.3. The van der Waals surface area contributed by atoms with Crippen LogP contribution in [0.4, 0.5) is 14.6 Å². The minimum absolute atomic E-state index is 0.188. The number of alkyl halides is 2. The molecule has 0 aliphatic heterocycles. The Bertz CT molecular complexity index is 992. The molecule has 1 fully saturated rings. The number of aromatic nitrogens is 5. The lowest BCUT2D eigenvalue weighted by Crippen LogP contribution is -2.32. The van der Waals surface area contributed by atoms with Crippen molar-refractivity contribution in [3.05, 3.63) is 30.7 Å². The standard InChI is InChI=1S/C18H18F2N6O/c1-26-10-15(24-25-26)14-6-12-7-16(22-9-13(12)8-21-14)23-17(27)11-2-4-18(19,20)5-3-11/h6-11H,2-5H2,1H3,(H,22,23,27). The fourth-order valence-electron chi connectivity index (χ4n) is 3.24. The predicted octanol–water partition coefficient (Wildman–Crippen LogP) is 3.19. The third-order valence-electron chi connectivity index (χ3n) is 4.81. The van der Waals surface area contributed by atoms with Crippen molar-refractivity contribution in [3.8, 4) is 11.4 Å². The van der Waals surface area contributed by atoms with Gasteiger partial charge < -0.3 is 5.32 Å². The SMILES string of the molecule is Cn1cc(-c2cc3cc(NC(=O)C4CCC(F)(F)CC4)ncc3cn2)nn1. The minimum atomic E-state index is -2.65. The number of nitrogens with one attached hydrogen (secondary N) is 1. The van der Waals surface area contributed by atoms with E-state index in [4.69, 9.17) is 0 Å². The summed E-state index contributed by atoms with van der Waals surface area (Å²) in [5.41, 5.74) is 1.30. The number of aryl methyl sites for hydroxylation is 1. The summed E-state index contributed by atoms with van der Waals surface area (Å²) < 4.78 is 28.1. The molecule has 1 N–H and O–H groups in total. The lowest BCUT2D eigenvalue weighted by Gasteiger charge is -2.27. The molecule has 0 saturated heterocycles. The van der Waals surface area contributed by atoms with Crippen LogP contribution in [0.3, 0.4) is 0 Å². The number of hydrogen-bond acceptors (Lipinski definition) is 5. The molecule has 0 bridgehead atoms. The lowest BCUT2D eigenvalue weighted by molar-refractivity contribution is -0.124. The fraction of sp³-hybridized carbons (Fsp3) is 0.389. The average Bonchev–Trinajstić information content (AvgIpc) is 3.07. The number of rotatable bonds is 3. The van der Waals surface area contributed by atoms with Crippen LogP contribution in [-0.4, -0.2) is 36.8 Å². The van der Waals surface area contributed by atoms with Crippen molar-refractivity contribution in [2.75, 3.05) is 5.32 Å². The minimum Gasteiger partial charge on any atom is -0.310 e. The van der Waals surface area contributed by atoms with Crippen molar-refractivity contribution < 1.29 is 13.6 Å². The van der Waals surface area contributed by atoms with Crippen LogP contribution in [0.5, 0.6) is 0 Å². The van der Waals surface area contributed by atoms with Crippen LogP contribution in [0.15, 0.2) is 30.7 Å². The summed E-state index contributed by atoms with van der Waals surface area (Å²) >= 11 is 0. The van der Waals surface area contributed by atoms with Gasteiger partial charge in [0.05, 0.1) is 11.9 Å². The highest BCUT2D eigenvalue weighted by Gasteiger charge is 2.37. The van der Waals surface area contributed by atoms with E-state index >= 15 is 0 Å². The van der Waals surface area contributed by atoms with E-state index in [9.17, 15) is 13.6 Å². The van der Waals surface area contributed by atoms with E-state index in [2.05, 4.69) is 25.6 Å². The third kappa shape index (κ3) is 3.76. The molecule has 1 amide bonds. The zero-order valence-electron chi connectivity index (χ0n) is 14.7. The van der Waals surface area contributed by atoms with E-state index in [0.717, 1.165) is 10.8 Å². The van der Waals surface area contributed by atoms with Crippen molar-refractivity contribution >= 4 is 22.5 Å². The van der Waals surface area contributed by atoms with Gasteiger partial charge in [-0.15, -0.1) is 5.10 Å². The van der Waals surface area contributed by atoms with Gasteiger partial charge >= 0.3 is 0 Å². The summed E-state index contributed by atoms with van der Waals surface area (Å²) in [5.74, 6) is -2.93. The molecule has 0 aromatic carbocycles. The molecule has 9 heteroatoms. The van der Waals surface area contributed by atoms with E-state index in [1.54, 1.807) is 36.4 Å². The summed E-state index contributed by atoms with van der Waals surface area (Å²) in [4.78, 5) is 21.0. The summed E-state index contributed by atoms with van der Waals surface area (Å²) in [6, 6.07) is 3.59. The zero-order valence-corrected chi connectivity index (χ0v) is 14.7. The predicted molar refractivity (Wildman–Crippen MR) is 95.1 cm³/mol. The number of carbonyl (C=O) groups excluding carboxylic acids is 1. The molecule has 1 aliphatic carbocycles. The Balaban J connectivity index is 1.53. The Morgan fingerprint density at radius 1 is 1.15 bits per heavy atom. The molecule has 1 aliphatic rings. The van der Waals surface area contributed by atoms with Crippen molar-refractivity contribution in [3.63, 3.8) is 0 Å². The second-order valence-electron chi connectivity index (χ2n) is 6.88. The maximum Gasteiger partial charge on any atom is 0.248 e. The monoisotopic (exact) mass is 372 g/mol. The Labute approximate surface area is 153 Å². The van der Waals surface area contributed by atoms with Gasteiger partial charge in [0.15, 0.2) is 0 Å². The largest absolute Gasteiger partial charge is 0.310 e. The molecule has 3 aromatic heterocycles. The number of fused-ring (bicyclic) bond motifs is 1. The van der Waals surface area contributed by atoms with Crippen molar-refractivity contribution in [2.45, 2.75) is 31.6 Å². The van der Waals surface area contributed by atoms with Gasteiger partial charge in [-0.3, -0.25) is 14.5 Å². The van der Waals surface area contributed by atoms with Crippen LogP contribution in [0.25, 0.3) is 22.2 Å². The molecular weight excluding hydrogens is 354 g/mol. The maximum atomic E-state index is 13.3. The van der Waals surface area contributed by atoms with Gasteiger partial charge in [-0.1, -0.05) is 5.21 Å². The number of halogens is 2. The molecule has 0 unspecified atom stereocenters. The van der Waals surface area contributed by atoms with E-state index in [1.165, 1.54) is 0 Å². The first-order chi connectivity index (χ1) is 12.9. The number of nitrogens with zero attached hydrogens (tertiary/aromatic N) is 5. The van der Waals surface area contributed by atoms with E-state index < -0.39 is 11.8 Å². The summed E-state index contributed by atoms with van der Waals surface area (Å²) in [7, 11) is 1.77. The van der Waals surface area contributed by atoms with Crippen LogP contribution in [-0.2, 0) is 11.8 Å². The molecule has 0 radical (unpaired) electrons. The molecule has 3 heterocycles. The smallest absolute Gasteiger partial charge is 0.248 e. The number of pyridine rings is 2. The van der Waals surface area contributed by atoms with Gasteiger partial charge in [-0.25, -0.2) is 13.8 Å². The molecule has 140 valence electrons. The van der Waals surface area contributed by atoms with Crippen LogP contribution >= 0.6 is 0 Å². The molecule has 0 atom stereocenters. The summed E-state index contributed by atoms with van der Waals surface area (Å²) in [5, 5.41) is 12.3. The van der Waals surface area contributed by atoms with Gasteiger partial charge in [0.1, 0.15) is 11.5 Å². The summed E-state index contributed by atoms with van der Waals surface area (Å²) in [6.07, 6.45) is 4.94. The lowest BCUT2D eigenvalue weighted by atomic mass is 9.86. The van der Waals surface area contributed by atoms with Crippen LogP contribution in [0.2, 0.25) is 0 Å². The van der Waals surface area contributed by atoms with Gasteiger partial charge in [-0.05, 0) is 30.4 Å². The van der Waals surface area contributed by atoms with Crippen LogP contribution < -0.4 is 5.32 Å². The van der Waals surface area contributed by atoms with Gasteiger partial charge in [0.25, 0.3) is 0 Å². The van der Waals surface area contributed by atoms with E-state index in [0.29, 0.717) is 17.2 Å². The van der Waals surface area contributed by atoms with Gasteiger partial charge in [0, 0.05) is 43.6 Å². The van der Waals surface area contributed by atoms with E-state index in [1.807, 2.05) is 6.07 Å². The second kappa shape index (κ2) is 6.64. The Morgan fingerprint density at radius 3 is 2.59 bits per heavy atom. The van der Waals surface area contributed by atoms with Gasteiger partial charge in [-0.2, -0.15) is 0 Å². The molecular formula is C18H18F2N6O. The normalized spacial score (nSPS) is 17.1. The second-order valence-corrected chi connectivity index (χ2v) is 6.88. The van der Waals surface area contributed by atoms with Gasteiger partial charge in [0.2, 0.25) is 11.8 Å². The Hall–Kier alpha value is -2.97. The third-order valence-corrected chi connectivity index (χ3v) is 4.81. The van der Waals surface area contributed by atoms with Crippen LogP contribution in [0.1, 0.15) is 25.7 Å². The number of anilines is 1. The van der Waals surface area contributed by atoms with E-state index in [-0.39, 0.29) is 31.6 Å². The molecule has 4 rings (SSSR count). The van der Waals surface area contributed by atoms with Crippen molar-refractivity contribution in [1.29, 1.82) is 0 Å². The topological polar surface area (TPSA) is 85.6 Å².